The Morgan fingerprint density at radius 3 is 2.50 bits per heavy atom. The van der Waals surface area contributed by atoms with Gasteiger partial charge in [0, 0.05) is 25.1 Å². The van der Waals surface area contributed by atoms with Gasteiger partial charge in [-0.1, -0.05) is 12.2 Å². The van der Waals surface area contributed by atoms with Crippen molar-refractivity contribution in [3.05, 3.63) is 41.2 Å². The fourth-order valence-corrected chi connectivity index (χ4v) is 1.05. The van der Waals surface area contributed by atoms with Crippen LogP contribution in [0.15, 0.2) is 18.2 Å². The molecule has 0 aliphatic heterocycles. The first-order valence-corrected chi connectivity index (χ1v) is 4.56. The quantitative estimate of drug-likeness (QED) is 0.791. The monoisotopic (exact) mass is 229 g/mol. The largest absolute Gasteiger partial charge is 0.353 e. The molecule has 0 aromatic heterocycles. The molecule has 2 nitrogen and oxygen atoms in total. The fourth-order valence-electron chi connectivity index (χ4n) is 1.05. The summed E-state index contributed by atoms with van der Waals surface area (Å²) in [7, 11) is 0. The summed E-state index contributed by atoms with van der Waals surface area (Å²) in [5, 5.41) is 2.45. The van der Waals surface area contributed by atoms with Crippen molar-refractivity contribution in [2.24, 2.45) is 0 Å². The van der Waals surface area contributed by atoms with Crippen LogP contribution in [0, 0.1) is 17.5 Å². The molecule has 0 radical (unpaired) electrons. The lowest BCUT2D eigenvalue weighted by molar-refractivity contribution is -0.118. The van der Waals surface area contributed by atoms with Crippen molar-refractivity contribution in [3.8, 4) is 0 Å². The van der Waals surface area contributed by atoms with Crippen molar-refractivity contribution < 1.29 is 18.0 Å². The molecule has 0 unspecified atom stereocenters. The van der Waals surface area contributed by atoms with Gasteiger partial charge in [-0.15, -0.1) is 0 Å². The highest BCUT2D eigenvalue weighted by atomic mass is 19.2. The van der Waals surface area contributed by atoms with Gasteiger partial charge in [0.2, 0.25) is 5.91 Å². The van der Waals surface area contributed by atoms with Crippen LogP contribution in [0.5, 0.6) is 0 Å². The lowest BCUT2D eigenvalue weighted by Crippen LogP contribution is -2.19. The summed E-state index contributed by atoms with van der Waals surface area (Å²) < 4.78 is 38.4. The minimum atomic E-state index is -1.23. The van der Waals surface area contributed by atoms with Gasteiger partial charge in [-0.25, -0.2) is 13.2 Å². The molecule has 86 valence electrons. The SMILES string of the molecule is CC(=O)NCC=Cc1cc(F)c(F)cc1F. The Morgan fingerprint density at radius 1 is 1.25 bits per heavy atom. The molecule has 0 heterocycles. The van der Waals surface area contributed by atoms with Crippen LogP contribution in [0.25, 0.3) is 6.08 Å². The van der Waals surface area contributed by atoms with Crippen LogP contribution < -0.4 is 5.32 Å². The van der Waals surface area contributed by atoms with Crippen molar-refractivity contribution in [2.75, 3.05) is 6.54 Å². The number of nitrogens with one attached hydrogen (secondary N) is 1. The molecule has 1 rings (SSSR count). The Balaban J connectivity index is 2.73. The standard InChI is InChI=1S/C11H10F3NO/c1-7(16)15-4-2-3-8-5-10(13)11(14)6-9(8)12/h2-3,5-6H,4H2,1H3,(H,15,16). The molecule has 0 atom stereocenters. The number of carbonyl (C=O) groups excluding carboxylic acids is 1. The minimum absolute atomic E-state index is 0.0655. The molecule has 1 amide bonds. The predicted molar refractivity (Wildman–Crippen MR) is 54.0 cm³/mol. The fraction of sp³-hybridized carbons (Fsp3) is 0.182. The zero-order chi connectivity index (χ0) is 12.1. The molecule has 0 saturated carbocycles. The Morgan fingerprint density at radius 2 is 1.88 bits per heavy atom. The summed E-state index contributed by atoms with van der Waals surface area (Å²) in [4.78, 5) is 10.5. The summed E-state index contributed by atoms with van der Waals surface area (Å²) in [5.74, 6) is -3.41. The Kier molecular flexibility index (Phi) is 4.10. The van der Waals surface area contributed by atoms with Gasteiger partial charge in [0.05, 0.1) is 0 Å². The average molecular weight is 229 g/mol. The van der Waals surface area contributed by atoms with E-state index in [9.17, 15) is 18.0 Å². The third-order valence-electron chi connectivity index (χ3n) is 1.81. The van der Waals surface area contributed by atoms with Crippen LogP contribution in [-0.2, 0) is 4.79 Å². The van der Waals surface area contributed by atoms with Crippen molar-refractivity contribution in [3.63, 3.8) is 0 Å². The van der Waals surface area contributed by atoms with Crippen molar-refractivity contribution >= 4 is 12.0 Å². The van der Waals surface area contributed by atoms with Crippen LogP contribution in [-0.4, -0.2) is 12.5 Å². The average Bonchev–Trinajstić information content (AvgIpc) is 2.19. The lowest BCUT2D eigenvalue weighted by atomic mass is 10.2. The second kappa shape index (κ2) is 5.34. The maximum Gasteiger partial charge on any atom is 0.217 e. The van der Waals surface area contributed by atoms with E-state index >= 15 is 0 Å². The van der Waals surface area contributed by atoms with E-state index in [0.29, 0.717) is 6.07 Å². The van der Waals surface area contributed by atoms with Gasteiger partial charge in [-0.05, 0) is 6.07 Å². The number of hydrogen-bond acceptors (Lipinski definition) is 1. The van der Waals surface area contributed by atoms with Gasteiger partial charge in [0.15, 0.2) is 11.6 Å². The zero-order valence-electron chi connectivity index (χ0n) is 8.56. The summed E-state index contributed by atoms with van der Waals surface area (Å²) in [6, 6.07) is 1.24. The second-order valence-electron chi connectivity index (χ2n) is 3.13. The van der Waals surface area contributed by atoms with Crippen LogP contribution in [0.1, 0.15) is 12.5 Å². The molecule has 16 heavy (non-hydrogen) atoms. The molecule has 0 aliphatic carbocycles. The number of carbonyl (C=O) groups is 1. The highest BCUT2D eigenvalue weighted by Gasteiger charge is 2.06. The van der Waals surface area contributed by atoms with Gasteiger partial charge in [-0.2, -0.15) is 0 Å². The molecule has 5 heteroatoms. The molecular weight excluding hydrogens is 219 g/mol. The number of hydrogen-bond donors (Lipinski definition) is 1. The predicted octanol–water partition coefficient (Wildman–Crippen LogP) is 2.25. The van der Waals surface area contributed by atoms with E-state index in [1.54, 1.807) is 0 Å². The normalized spacial score (nSPS) is 10.8. The third-order valence-corrected chi connectivity index (χ3v) is 1.81. The summed E-state index contributed by atoms with van der Waals surface area (Å²) in [6.07, 6.45) is 2.71. The van der Waals surface area contributed by atoms with E-state index < -0.39 is 17.5 Å². The van der Waals surface area contributed by atoms with Crippen LogP contribution in [0.4, 0.5) is 13.2 Å². The van der Waals surface area contributed by atoms with Gasteiger partial charge in [0.1, 0.15) is 5.82 Å². The molecular formula is C11H10F3NO. The molecule has 1 aromatic rings. The first-order chi connectivity index (χ1) is 7.50. The molecule has 0 spiro atoms. The van der Waals surface area contributed by atoms with Crippen molar-refractivity contribution in [1.82, 2.24) is 5.32 Å². The van der Waals surface area contributed by atoms with E-state index in [4.69, 9.17) is 0 Å². The Labute approximate surface area is 90.8 Å². The molecule has 1 N–H and O–H groups in total. The zero-order valence-corrected chi connectivity index (χ0v) is 8.56. The maximum absolute atomic E-state index is 13.1. The van der Waals surface area contributed by atoms with Crippen LogP contribution in [0.2, 0.25) is 0 Å². The third kappa shape index (κ3) is 3.42. The van der Waals surface area contributed by atoms with E-state index in [2.05, 4.69) is 5.32 Å². The van der Waals surface area contributed by atoms with Gasteiger partial charge in [0.25, 0.3) is 0 Å². The number of halogens is 3. The summed E-state index contributed by atoms with van der Waals surface area (Å²) in [6.45, 7) is 1.54. The molecule has 0 fully saturated rings. The Bertz CT molecular complexity index is 429. The number of rotatable bonds is 3. The summed E-state index contributed by atoms with van der Waals surface area (Å²) in [5.41, 5.74) is -0.0655. The first kappa shape index (κ1) is 12.3. The van der Waals surface area contributed by atoms with E-state index in [1.807, 2.05) is 0 Å². The topological polar surface area (TPSA) is 29.1 Å². The molecule has 0 bridgehead atoms. The molecule has 0 aliphatic rings. The van der Waals surface area contributed by atoms with Crippen LogP contribution in [0.3, 0.4) is 0 Å². The molecule has 0 saturated heterocycles. The van der Waals surface area contributed by atoms with Crippen molar-refractivity contribution in [2.45, 2.75) is 6.92 Å². The first-order valence-electron chi connectivity index (χ1n) is 4.56. The maximum atomic E-state index is 13.1. The van der Waals surface area contributed by atoms with E-state index in [1.165, 1.54) is 19.1 Å². The minimum Gasteiger partial charge on any atom is -0.353 e. The van der Waals surface area contributed by atoms with Gasteiger partial charge >= 0.3 is 0 Å². The molecule has 1 aromatic carbocycles. The van der Waals surface area contributed by atoms with Gasteiger partial charge < -0.3 is 5.32 Å². The second-order valence-corrected chi connectivity index (χ2v) is 3.13. The van der Waals surface area contributed by atoms with E-state index in [0.717, 1.165) is 6.07 Å². The lowest BCUT2D eigenvalue weighted by Gasteiger charge is -1.99. The van der Waals surface area contributed by atoms with E-state index in [-0.39, 0.29) is 18.0 Å². The number of benzene rings is 1. The number of amides is 1. The van der Waals surface area contributed by atoms with Gasteiger partial charge in [-0.3, -0.25) is 4.79 Å². The smallest absolute Gasteiger partial charge is 0.217 e. The highest BCUT2D eigenvalue weighted by Crippen LogP contribution is 2.14. The summed E-state index contributed by atoms with van der Waals surface area (Å²) >= 11 is 0. The van der Waals surface area contributed by atoms with Crippen molar-refractivity contribution in [1.29, 1.82) is 0 Å². The Hall–Kier alpha value is -1.78. The van der Waals surface area contributed by atoms with Crippen LogP contribution >= 0.6 is 0 Å². The highest BCUT2D eigenvalue weighted by molar-refractivity contribution is 5.73.